The smallest absolute Gasteiger partial charge is 0.337 e. The number of nitrogens with zero attached hydrogens (tertiary/aromatic N) is 2. The Labute approximate surface area is 266 Å². The molecule has 12 nitrogen and oxygen atoms in total. The van der Waals surface area contributed by atoms with E-state index >= 15 is 0 Å². The van der Waals surface area contributed by atoms with E-state index in [-0.39, 0.29) is 29.7 Å². The minimum atomic E-state index is -2.69. The molecule has 0 saturated heterocycles. The van der Waals surface area contributed by atoms with Crippen LogP contribution in [0.4, 0.5) is 5.69 Å². The summed E-state index contributed by atoms with van der Waals surface area (Å²) in [6.45, 7) is 0. The third-order valence-electron chi connectivity index (χ3n) is 9.54. The number of aryl methyl sites for hydroxylation is 2. The van der Waals surface area contributed by atoms with Gasteiger partial charge in [-0.3, -0.25) is 19.3 Å². The number of carbonyl (C=O) groups excluding carboxylic acids is 4. The summed E-state index contributed by atoms with van der Waals surface area (Å²) >= 11 is 0. The number of primary amides is 1. The second-order valence-corrected chi connectivity index (χ2v) is 12.7. The maximum Gasteiger partial charge on any atom is 0.337 e. The highest BCUT2D eigenvalue weighted by Crippen LogP contribution is 2.54. The van der Waals surface area contributed by atoms with Crippen LogP contribution in [0.5, 0.6) is 5.75 Å². The molecule has 1 fully saturated rings. The van der Waals surface area contributed by atoms with Gasteiger partial charge in [0.25, 0.3) is 5.91 Å². The number of Topliss-reactive ketones (excluding diaryl/α,β-unsaturated/α-hetero) is 2. The molecule has 46 heavy (non-hydrogen) atoms. The van der Waals surface area contributed by atoms with Crippen molar-refractivity contribution in [2.45, 2.75) is 43.7 Å². The first-order valence-corrected chi connectivity index (χ1v) is 15.0. The number of nitrogens with two attached hydrogens (primary N) is 1. The minimum Gasteiger partial charge on any atom is -0.508 e. The van der Waals surface area contributed by atoms with Crippen molar-refractivity contribution in [2.75, 3.05) is 40.2 Å². The monoisotopic (exact) mass is 633 g/mol. The molecule has 244 valence electrons. The van der Waals surface area contributed by atoms with E-state index in [0.29, 0.717) is 36.0 Å². The number of ether oxygens (including phenoxy) is 1. The summed E-state index contributed by atoms with van der Waals surface area (Å²) < 4.78 is 4.74. The normalized spacial score (nSPS) is 24.0. The lowest BCUT2D eigenvalue weighted by Crippen LogP contribution is -2.65. The van der Waals surface area contributed by atoms with Crippen molar-refractivity contribution >= 4 is 34.9 Å². The number of aliphatic hydroxyl groups excluding tert-OH is 2. The Morgan fingerprint density at radius 2 is 1.70 bits per heavy atom. The Bertz CT molecular complexity index is 1710. The standard InChI is InChI=1S/C34H39N3O9/c1-36(2)22-15-18(8-6-7-16-9-11-17(12-10-16)33(44)46-5)27(38)24-20(22)13-19-14-21-26(37(3)4)29(40)25(32(35)43)31(42)34(21,45)30(41)23(19)28(24)39/h9-12,15,19,21,26,38-39,42,45H,6-8,13-14H2,1-5H3,(H2,35,43)/t19?,21?,26-,34-/m0/s1. The molecule has 1 amide bonds. The van der Waals surface area contributed by atoms with Crippen LogP contribution in [0.25, 0.3) is 5.76 Å². The summed E-state index contributed by atoms with van der Waals surface area (Å²) in [7, 11) is 8.11. The summed E-state index contributed by atoms with van der Waals surface area (Å²) in [5, 5.41) is 46.1. The SMILES string of the molecule is COC(=O)c1ccc(CCCc2cc(N(C)C)c3c(c2O)C(O)=C2C(=O)[C@]4(O)C(O)=C(C(N)=O)C(=O)[C@@H](N(C)C)C4CC2C3)cc1. The Morgan fingerprint density at radius 1 is 1.04 bits per heavy atom. The quantitative estimate of drug-likeness (QED) is 0.211. The third-order valence-corrected chi connectivity index (χ3v) is 9.54. The first-order chi connectivity index (χ1) is 21.6. The highest BCUT2D eigenvalue weighted by Gasteiger charge is 2.64. The van der Waals surface area contributed by atoms with Crippen molar-refractivity contribution in [3.05, 3.63) is 75.1 Å². The number of phenols is 1. The van der Waals surface area contributed by atoms with Crippen LogP contribution in [0.2, 0.25) is 0 Å². The van der Waals surface area contributed by atoms with Gasteiger partial charge in [0.05, 0.1) is 24.3 Å². The lowest BCUT2D eigenvalue weighted by Gasteiger charge is -2.50. The number of amides is 1. The molecule has 0 heterocycles. The molecule has 3 aliphatic rings. The van der Waals surface area contributed by atoms with Gasteiger partial charge in [-0.25, -0.2) is 4.79 Å². The van der Waals surface area contributed by atoms with Crippen molar-refractivity contribution in [2.24, 2.45) is 17.6 Å². The minimum absolute atomic E-state index is 0.0237. The first kappa shape index (κ1) is 32.7. The van der Waals surface area contributed by atoms with Crippen LogP contribution in [0.15, 0.2) is 47.2 Å². The first-order valence-electron chi connectivity index (χ1n) is 15.0. The van der Waals surface area contributed by atoms with Gasteiger partial charge >= 0.3 is 5.97 Å². The Hall–Kier alpha value is -4.68. The number of methoxy groups -OCH3 is 1. The molecule has 0 aromatic heterocycles. The van der Waals surface area contributed by atoms with E-state index in [4.69, 9.17) is 10.5 Å². The maximum atomic E-state index is 14.2. The van der Waals surface area contributed by atoms with Crippen LogP contribution in [0.3, 0.4) is 0 Å². The third kappa shape index (κ3) is 5.01. The van der Waals surface area contributed by atoms with E-state index in [1.807, 2.05) is 37.2 Å². The summed E-state index contributed by atoms with van der Waals surface area (Å²) in [5.41, 5.74) is 5.05. The molecule has 3 aliphatic carbocycles. The number of phenolic OH excluding ortho intramolecular Hbond substituents is 1. The number of ketones is 2. The highest BCUT2D eigenvalue weighted by atomic mass is 16.5. The highest BCUT2D eigenvalue weighted by molar-refractivity contribution is 6.24. The van der Waals surface area contributed by atoms with Crippen molar-refractivity contribution in [1.82, 2.24) is 4.90 Å². The van der Waals surface area contributed by atoms with Gasteiger partial charge in [0.15, 0.2) is 11.4 Å². The van der Waals surface area contributed by atoms with E-state index in [1.165, 1.54) is 12.0 Å². The Kier molecular flexibility index (Phi) is 8.47. The van der Waals surface area contributed by atoms with Crippen LogP contribution < -0.4 is 10.6 Å². The van der Waals surface area contributed by atoms with Gasteiger partial charge in [0, 0.05) is 31.3 Å². The van der Waals surface area contributed by atoms with Gasteiger partial charge in [0.1, 0.15) is 22.8 Å². The molecule has 0 bridgehead atoms. The molecule has 0 aliphatic heterocycles. The Balaban J connectivity index is 1.55. The number of aromatic hydroxyl groups is 1. The molecular weight excluding hydrogens is 594 g/mol. The van der Waals surface area contributed by atoms with E-state index in [1.54, 1.807) is 26.2 Å². The van der Waals surface area contributed by atoms with E-state index in [9.17, 15) is 39.6 Å². The van der Waals surface area contributed by atoms with Crippen molar-refractivity contribution in [1.29, 1.82) is 0 Å². The summed E-state index contributed by atoms with van der Waals surface area (Å²) in [5.74, 6) is -7.15. The van der Waals surface area contributed by atoms with Crippen LogP contribution in [-0.4, -0.2) is 95.7 Å². The molecule has 5 rings (SSSR count). The molecule has 0 radical (unpaired) electrons. The van der Waals surface area contributed by atoms with Gasteiger partial charge in [-0.2, -0.15) is 0 Å². The van der Waals surface area contributed by atoms with Crippen LogP contribution in [0, 0.1) is 11.8 Å². The molecule has 0 spiro atoms. The van der Waals surface area contributed by atoms with Gasteiger partial charge < -0.3 is 35.8 Å². The molecule has 12 heteroatoms. The number of likely N-dealkylation sites (N-methyl/N-ethyl adjacent to an activating group) is 1. The average molecular weight is 634 g/mol. The summed E-state index contributed by atoms with van der Waals surface area (Å²) in [6, 6.07) is 7.75. The number of rotatable bonds is 8. The van der Waals surface area contributed by atoms with Crippen molar-refractivity contribution in [3.8, 4) is 5.75 Å². The average Bonchev–Trinajstić information content (AvgIpc) is 2.99. The van der Waals surface area contributed by atoms with Gasteiger partial charge in [-0.1, -0.05) is 12.1 Å². The van der Waals surface area contributed by atoms with Crippen LogP contribution in [-0.2, 0) is 38.4 Å². The van der Waals surface area contributed by atoms with E-state index in [2.05, 4.69) is 0 Å². The van der Waals surface area contributed by atoms with Gasteiger partial charge in [-0.15, -0.1) is 0 Å². The zero-order valence-corrected chi connectivity index (χ0v) is 26.5. The lowest BCUT2D eigenvalue weighted by atomic mass is 9.57. The number of benzene rings is 2. The number of esters is 1. The van der Waals surface area contributed by atoms with Crippen LogP contribution >= 0.6 is 0 Å². The zero-order chi connectivity index (χ0) is 33.8. The largest absolute Gasteiger partial charge is 0.508 e. The fourth-order valence-electron chi connectivity index (χ4n) is 7.34. The van der Waals surface area contributed by atoms with Crippen molar-refractivity contribution in [3.63, 3.8) is 0 Å². The number of fused-ring (bicyclic) bond motifs is 3. The maximum absolute atomic E-state index is 14.2. The fraction of sp³-hybridized carbons (Fsp3) is 0.412. The Morgan fingerprint density at radius 3 is 2.26 bits per heavy atom. The zero-order valence-electron chi connectivity index (χ0n) is 26.5. The van der Waals surface area contributed by atoms with E-state index in [0.717, 1.165) is 11.3 Å². The molecular formula is C34H39N3O9. The molecule has 2 unspecified atom stereocenters. The number of hydrogen-bond donors (Lipinski definition) is 5. The number of carbonyl (C=O) groups is 4. The lowest BCUT2D eigenvalue weighted by molar-refractivity contribution is -0.153. The molecule has 1 saturated carbocycles. The second kappa shape index (κ2) is 11.9. The number of hydrogen-bond acceptors (Lipinski definition) is 11. The predicted molar refractivity (Wildman–Crippen MR) is 168 cm³/mol. The summed E-state index contributed by atoms with van der Waals surface area (Å²) in [6.07, 6.45) is 1.91. The van der Waals surface area contributed by atoms with E-state index < -0.39 is 64.0 Å². The van der Waals surface area contributed by atoms with Gasteiger partial charge in [-0.05, 0) is 87.0 Å². The second-order valence-electron chi connectivity index (χ2n) is 12.7. The number of aliphatic hydroxyl groups is 3. The summed E-state index contributed by atoms with van der Waals surface area (Å²) in [4.78, 5) is 54.7. The molecule has 4 atom stereocenters. The predicted octanol–water partition coefficient (Wildman–Crippen LogP) is 1.99. The van der Waals surface area contributed by atoms with Crippen molar-refractivity contribution < 1.29 is 44.3 Å². The number of anilines is 1. The van der Waals surface area contributed by atoms with Gasteiger partial charge in [0.2, 0.25) is 5.78 Å². The molecule has 6 N–H and O–H groups in total. The molecule has 2 aromatic carbocycles. The topological polar surface area (TPSA) is 191 Å². The molecule has 2 aromatic rings. The fourth-order valence-corrected chi connectivity index (χ4v) is 7.34. The van der Waals surface area contributed by atoms with Crippen LogP contribution in [0.1, 0.15) is 45.5 Å².